The van der Waals surface area contributed by atoms with Gasteiger partial charge in [0.05, 0.1) is 17.4 Å². The minimum Gasteiger partial charge on any atom is -0.444 e. The van der Waals surface area contributed by atoms with E-state index < -0.39 is 47.2 Å². The molecule has 2 aliphatic heterocycles. The first kappa shape index (κ1) is 31.8. The normalized spacial score (nSPS) is 18.7. The van der Waals surface area contributed by atoms with Crippen molar-refractivity contribution >= 4 is 28.8 Å². The Morgan fingerprint density at radius 2 is 1.59 bits per heavy atom. The van der Waals surface area contributed by atoms with Gasteiger partial charge in [0.15, 0.2) is 5.82 Å². The van der Waals surface area contributed by atoms with Crippen LogP contribution in [0.1, 0.15) is 90.6 Å². The van der Waals surface area contributed by atoms with Crippen LogP contribution < -0.4 is 10.2 Å². The number of carbonyl (C=O) groups excluding carboxylic acids is 2. The second-order valence-corrected chi connectivity index (χ2v) is 13.7. The van der Waals surface area contributed by atoms with Crippen LogP contribution in [0.2, 0.25) is 0 Å². The average Bonchev–Trinajstić information content (AvgIpc) is 3.20. The molecule has 1 N–H and O–H groups in total. The summed E-state index contributed by atoms with van der Waals surface area (Å²) in [6.45, 7) is 15.2. The van der Waals surface area contributed by atoms with E-state index >= 15 is 4.39 Å². The van der Waals surface area contributed by atoms with Gasteiger partial charge in [-0.05, 0) is 90.3 Å². The Hall–Kier alpha value is -3.66. The van der Waals surface area contributed by atoms with Gasteiger partial charge in [-0.15, -0.1) is 0 Å². The van der Waals surface area contributed by atoms with Crippen LogP contribution in [0, 0.1) is 11.6 Å². The lowest BCUT2D eigenvalue weighted by atomic mass is 9.90. The molecule has 2 atom stereocenters. The molecule has 8 nitrogen and oxygen atoms in total. The number of amides is 1. The Labute approximate surface area is 258 Å². The molecule has 3 heterocycles. The molecule has 0 radical (unpaired) electrons. The van der Waals surface area contributed by atoms with Gasteiger partial charge in [0.2, 0.25) is 0 Å². The van der Waals surface area contributed by atoms with Gasteiger partial charge in [-0.2, -0.15) is 0 Å². The smallest absolute Gasteiger partial charge is 0.419 e. The van der Waals surface area contributed by atoms with E-state index in [1.807, 2.05) is 24.3 Å². The number of carbonyl (C=O) groups is 2. The predicted molar refractivity (Wildman–Crippen MR) is 167 cm³/mol. The first-order valence-electron chi connectivity index (χ1n) is 15.5. The second kappa shape index (κ2) is 12.0. The highest BCUT2D eigenvalue weighted by Crippen LogP contribution is 2.44. The van der Waals surface area contributed by atoms with Crippen molar-refractivity contribution in [3.8, 4) is 0 Å². The van der Waals surface area contributed by atoms with Crippen molar-refractivity contribution in [3.05, 3.63) is 64.9 Å². The summed E-state index contributed by atoms with van der Waals surface area (Å²) >= 11 is 0. The number of nitrogens with zero attached hydrogens (tertiary/aromatic N) is 3. The fourth-order valence-electron chi connectivity index (χ4n) is 5.94. The summed E-state index contributed by atoms with van der Waals surface area (Å²) in [6.07, 6.45) is 1.17. The number of nitrogens with one attached hydrogen (secondary N) is 1. The Morgan fingerprint density at radius 3 is 2.16 bits per heavy atom. The van der Waals surface area contributed by atoms with Gasteiger partial charge in [0, 0.05) is 36.7 Å². The summed E-state index contributed by atoms with van der Waals surface area (Å²) in [5.41, 5.74) is 0.922. The second-order valence-electron chi connectivity index (χ2n) is 13.7. The van der Waals surface area contributed by atoms with Gasteiger partial charge in [-0.3, -0.25) is 10.2 Å². The maximum atomic E-state index is 15.7. The van der Waals surface area contributed by atoms with E-state index in [-0.39, 0.29) is 17.3 Å². The zero-order valence-corrected chi connectivity index (χ0v) is 26.8. The third kappa shape index (κ3) is 6.41. The van der Waals surface area contributed by atoms with E-state index in [2.05, 4.69) is 17.1 Å². The highest BCUT2D eigenvalue weighted by atomic mass is 19.1. The molecule has 2 aliphatic rings. The molecule has 238 valence electrons. The van der Waals surface area contributed by atoms with E-state index in [0.29, 0.717) is 23.4 Å². The third-order valence-corrected chi connectivity index (χ3v) is 7.92. The number of hydrogen-bond donors (Lipinski definition) is 1. The number of unbranched alkanes of at least 4 members (excludes halogenated alkanes) is 1. The van der Waals surface area contributed by atoms with E-state index in [9.17, 15) is 14.0 Å². The minimum absolute atomic E-state index is 0.0776. The lowest BCUT2D eigenvalue weighted by molar-refractivity contribution is 0.0000681. The molecule has 3 aromatic rings. The maximum Gasteiger partial charge on any atom is 0.419 e. The molecular formula is C34H44F2N4O4. The van der Waals surface area contributed by atoms with Gasteiger partial charge in [-0.1, -0.05) is 25.5 Å². The fourth-order valence-corrected chi connectivity index (χ4v) is 5.94. The van der Waals surface area contributed by atoms with Crippen LogP contribution in [0.25, 0.3) is 10.9 Å². The first-order valence-corrected chi connectivity index (χ1v) is 15.5. The third-order valence-electron chi connectivity index (χ3n) is 7.92. The van der Waals surface area contributed by atoms with E-state index in [1.54, 1.807) is 46.4 Å². The zero-order valence-electron chi connectivity index (χ0n) is 26.8. The molecule has 5 rings (SSSR count). The Balaban J connectivity index is 1.79. The molecule has 0 spiro atoms. The van der Waals surface area contributed by atoms with Crippen LogP contribution >= 0.6 is 0 Å². The number of ether oxygens (including phenoxy) is 2. The Bertz CT molecular complexity index is 1530. The molecule has 0 bridgehead atoms. The van der Waals surface area contributed by atoms with Crippen LogP contribution in [-0.2, 0) is 15.9 Å². The molecule has 2 aromatic carbocycles. The monoisotopic (exact) mass is 610 g/mol. The summed E-state index contributed by atoms with van der Waals surface area (Å²) in [5.74, 6) is -1.63. The van der Waals surface area contributed by atoms with Crippen LogP contribution in [0.15, 0.2) is 36.4 Å². The van der Waals surface area contributed by atoms with Crippen LogP contribution in [0.5, 0.6) is 0 Å². The highest BCUT2D eigenvalue weighted by molar-refractivity contribution is 5.95. The zero-order chi connectivity index (χ0) is 32.0. The van der Waals surface area contributed by atoms with Crippen molar-refractivity contribution in [2.24, 2.45) is 0 Å². The summed E-state index contributed by atoms with van der Waals surface area (Å²) in [7, 11) is 0. The van der Waals surface area contributed by atoms with Gasteiger partial charge in [0.1, 0.15) is 23.1 Å². The minimum atomic E-state index is -0.894. The van der Waals surface area contributed by atoms with Gasteiger partial charge >= 0.3 is 12.2 Å². The highest BCUT2D eigenvalue weighted by Gasteiger charge is 2.45. The average molecular weight is 611 g/mol. The van der Waals surface area contributed by atoms with Crippen LogP contribution in [-0.4, -0.2) is 58.7 Å². The SMILES string of the molecule is CCCCN[C@H]1Cc2c(n(C(=O)OC(C)(C)C)c3c(F)cc(F)cc23)[C@H](c2ccc(N3CCC3)cc2)N1C(=O)OC(C)(C)C. The predicted octanol–water partition coefficient (Wildman–Crippen LogP) is 7.51. The molecule has 0 aliphatic carbocycles. The number of halogens is 2. The van der Waals surface area contributed by atoms with Crippen LogP contribution in [0.4, 0.5) is 24.1 Å². The number of benzene rings is 2. The van der Waals surface area contributed by atoms with Crippen molar-refractivity contribution in [1.82, 2.24) is 14.8 Å². The Morgan fingerprint density at radius 1 is 0.955 bits per heavy atom. The lowest BCUT2D eigenvalue weighted by Crippen LogP contribution is -2.56. The standard InChI is InChI=1S/C34H44F2N4O4/c1-8-9-15-37-27-20-25-24-18-22(35)19-26(36)29(24)40(32(42)44-34(5,6)7)30(25)28(39(27)31(41)43-33(2,3)4)21-11-13-23(14-12-21)38-16-10-17-38/h11-14,18-19,27-28,37H,8-10,15-17,20H2,1-7H3/t27-,28+/m1/s1. The molecule has 44 heavy (non-hydrogen) atoms. The quantitative estimate of drug-likeness (QED) is 0.291. The van der Waals surface area contributed by atoms with Crippen molar-refractivity contribution in [2.45, 2.75) is 97.6 Å². The number of hydrogen-bond acceptors (Lipinski definition) is 6. The molecule has 10 heteroatoms. The summed E-state index contributed by atoms with van der Waals surface area (Å²) in [6, 6.07) is 9.01. The largest absolute Gasteiger partial charge is 0.444 e. The topological polar surface area (TPSA) is 76.0 Å². The molecule has 1 saturated heterocycles. The first-order chi connectivity index (χ1) is 20.7. The fraction of sp³-hybridized carbons (Fsp3) is 0.529. The van der Waals surface area contributed by atoms with Crippen molar-refractivity contribution < 1.29 is 27.8 Å². The van der Waals surface area contributed by atoms with Gasteiger partial charge < -0.3 is 14.4 Å². The summed E-state index contributed by atoms with van der Waals surface area (Å²) in [5, 5.41) is 3.78. The molecule has 1 aromatic heterocycles. The van der Waals surface area contributed by atoms with Crippen LogP contribution in [0.3, 0.4) is 0 Å². The summed E-state index contributed by atoms with van der Waals surface area (Å²) < 4.78 is 43.5. The van der Waals surface area contributed by atoms with E-state index in [1.165, 1.54) is 10.6 Å². The van der Waals surface area contributed by atoms with Gasteiger partial charge in [0.25, 0.3) is 0 Å². The molecular weight excluding hydrogens is 566 g/mol. The van der Waals surface area contributed by atoms with E-state index in [0.717, 1.165) is 44.1 Å². The molecule has 1 fully saturated rings. The number of fused-ring (bicyclic) bond motifs is 3. The summed E-state index contributed by atoms with van der Waals surface area (Å²) in [4.78, 5) is 31.9. The van der Waals surface area contributed by atoms with Crippen molar-refractivity contribution in [3.63, 3.8) is 0 Å². The number of anilines is 1. The molecule has 0 unspecified atom stereocenters. The number of rotatable bonds is 6. The Kier molecular flexibility index (Phi) is 8.68. The van der Waals surface area contributed by atoms with Crippen molar-refractivity contribution in [1.29, 1.82) is 0 Å². The van der Waals surface area contributed by atoms with Crippen molar-refractivity contribution in [2.75, 3.05) is 24.5 Å². The maximum absolute atomic E-state index is 15.7. The number of aromatic nitrogens is 1. The molecule has 1 amide bonds. The molecule has 0 saturated carbocycles. The lowest BCUT2D eigenvalue weighted by Gasteiger charge is -2.43. The van der Waals surface area contributed by atoms with E-state index in [4.69, 9.17) is 9.47 Å². The van der Waals surface area contributed by atoms with Gasteiger partial charge in [-0.25, -0.2) is 22.9 Å².